The van der Waals surface area contributed by atoms with Crippen LogP contribution in [0.15, 0.2) is 48.5 Å². The summed E-state index contributed by atoms with van der Waals surface area (Å²) in [7, 11) is 0. The third-order valence-corrected chi connectivity index (χ3v) is 5.94. The molecule has 0 N–H and O–H groups in total. The number of halogens is 3. The standard InChI is InChI=1S/C17H21ClN4O2.C8H4Cl2N2/c1-17(2,3)24-16(23)22-10-8-21(9-11-22)14-12-6-4-5-7-13(12)19-15(18)20-14;9-7-5-3-1-2-4-6(5)11-8(10)12-7/h4-7H,8-11H2,1-3H3;1-4H. The third-order valence-electron chi connectivity index (χ3n) is 5.32. The predicted octanol–water partition coefficient (Wildman–Crippen LogP) is 6.28. The van der Waals surface area contributed by atoms with E-state index in [1.165, 1.54) is 0 Å². The maximum atomic E-state index is 12.2. The van der Waals surface area contributed by atoms with Gasteiger partial charge in [-0.05, 0) is 68.2 Å². The van der Waals surface area contributed by atoms with E-state index in [-0.39, 0.29) is 16.7 Å². The second-order valence-electron chi connectivity index (χ2n) is 9.09. The minimum absolute atomic E-state index is 0.179. The molecule has 0 radical (unpaired) electrons. The number of carbonyl (C=O) groups excluding carboxylic acids is 1. The van der Waals surface area contributed by atoms with Crippen molar-refractivity contribution in [2.75, 3.05) is 31.1 Å². The Bertz CT molecular complexity index is 1390. The van der Waals surface area contributed by atoms with E-state index in [0.29, 0.717) is 31.3 Å². The molecule has 0 spiro atoms. The highest BCUT2D eigenvalue weighted by atomic mass is 35.5. The van der Waals surface area contributed by atoms with Crippen LogP contribution >= 0.6 is 34.8 Å². The molecular formula is C25H25Cl3N6O2. The predicted molar refractivity (Wildman–Crippen MR) is 144 cm³/mol. The van der Waals surface area contributed by atoms with Gasteiger partial charge in [0.05, 0.1) is 11.0 Å². The van der Waals surface area contributed by atoms with E-state index < -0.39 is 5.60 Å². The number of benzene rings is 2. The highest BCUT2D eigenvalue weighted by Gasteiger charge is 2.27. The van der Waals surface area contributed by atoms with Gasteiger partial charge in [-0.2, -0.15) is 4.98 Å². The van der Waals surface area contributed by atoms with Crippen LogP contribution in [-0.2, 0) is 4.74 Å². The molecule has 2 aromatic carbocycles. The van der Waals surface area contributed by atoms with Crippen molar-refractivity contribution in [1.82, 2.24) is 24.8 Å². The molecule has 4 aromatic rings. The molecule has 1 fully saturated rings. The number of piperazine rings is 1. The Morgan fingerprint density at radius 3 is 1.92 bits per heavy atom. The summed E-state index contributed by atoms with van der Waals surface area (Å²) in [5, 5.41) is 2.60. The summed E-state index contributed by atoms with van der Waals surface area (Å²) in [5.41, 5.74) is 1.11. The number of rotatable bonds is 1. The van der Waals surface area contributed by atoms with Crippen LogP contribution in [-0.4, -0.2) is 62.7 Å². The van der Waals surface area contributed by atoms with Crippen LogP contribution < -0.4 is 4.90 Å². The second-order valence-corrected chi connectivity index (χ2v) is 10.1. The number of hydrogen-bond acceptors (Lipinski definition) is 7. The number of fused-ring (bicyclic) bond motifs is 2. The molecule has 0 unspecified atom stereocenters. The Hall–Kier alpha value is -2.94. The summed E-state index contributed by atoms with van der Waals surface area (Å²) in [4.78, 5) is 32.5. The van der Waals surface area contributed by atoms with E-state index in [2.05, 4.69) is 24.8 Å². The number of para-hydroxylation sites is 2. The molecule has 188 valence electrons. The van der Waals surface area contributed by atoms with E-state index >= 15 is 0 Å². The zero-order valence-electron chi connectivity index (χ0n) is 20.1. The minimum Gasteiger partial charge on any atom is -0.444 e. The zero-order chi connectivity index (χ0) is 25.9. The van der Waals surface area contributed by atoms with Crippen LogP contribution in [0.25, 0.3) is 21.8 Å². The highest BCUT2D eigenvalue weighted by Crippen LogP contribution is 2.26. The fraction of sp³-hybridized carbons (Fsp3) is 0.320. The van der Waals surface area contributed by atoms with Gasteiger partial charge in [0.2, 0.25) is 10.6 Å². The van der Waals surface area contributed by atoms with Gasteiger partial charge in [-0.15, -0.1) is 0 Å². The SMILES string of the molecule is CC(C)(C)OC(=O)N1CCN(c2nc(Cl)nc3ccccc23)CC1.Clc1nc(Cl)c2ccccc2n1. The van der Waals surface area contributed by atoms with Crippen molar-refractivity contribution in [3.63, 3.8) is 0 Å². The van der Waals surface area contributed by atoms with Crippen LogP contribution in [0.2, 0.25) is 15.7 Å². The van der Waals surface area contributed by atoms with Gasteiger partial charge < -0.3 is 14.5 Å². The molecular weight excluding hydrogens is 523 g/mol. The summed E-state index contributed by atoms with van der Waals surface area (Å²) in [6.45, 7) is 8.14. The molecule has 3 heterocycles. The van der Waals surface area contributed by atoms with Gasteiger partial charge in [0, 0.05) is 37.0 Å². The van der Waals surface area contributed by atoms with Crippen molar-refractivity contribution < 1.29 is 9.53 Å². The van der Waals surface area contributed by atoms with Gasteiger partial charge in [-0.3, -0.25) is 0 Å². The lowest BCUT2D eigenvalue weighted by atomic mass is 10.2. The Morgan fingerprint density at radius 1 is 0.778 bits per heavy atom. The first-order valence-electron chi connectivity index (χ1n) is 11.3. The van der Waals surface area contributed by atoms with Crippen LogP contribution in [0.1, 0.15) is 20.8 Å². The number of hydrogen-bond donors (Lipinski definition) is 0. The van der Waals surface area contributed by atoms with E-state index in [0.717, 1.165) is 27.6 Å². The molecule has 0 saturated carbocycles. The van der Waals surface area contributed by atoms with Crippen LogP contribution in [0.4, 0.5) is 10.6 Å². The zero-order valence-corrected chi connectivity index (χ0v) is 22.3. The van der Waals surface area contributed by atoms with Crippen LogP contribution in [0.3, 0.4) is 0 Å². The smallest absolute Gasteiger partial charge is 0.410 e. The summed E-state index contributed by atoms with van der Waals surface area (Å²) < 4.78 is 5.43. The van der Waals surface area contributed by atoms with Crippen molar-refractivity contribution in [3.8, 4) is 0 Å². The van der Waals surface area contributed by atoms with Gasteiger partial charge in [-0.25, -0.2) is 19.7 Å². The highest BCUT2D eigenvalue weighted by molar-refractivity contribution is 6.35. The topological polar surface area (TPSA) is 84.3 Å². The largest absolute Gasteiger partial charge is 0.444 e. The number of anilines is 1. The van der Waals surface area contributed by atoms with E-state index in [1.54, 1.807) is 4.90 Å². The average molecular weight is 548 g/mol. The number of nitrogens with zero attached hydrogens (tertiary/aromatic N) is 6. The molecule has 2 aromatic heterocycles. The minimum atomic E-state index is -0.482. The first kappa shape index (κ1) is 26.1. The molecule has 1 amide bonds. The Labute approximate surface area is 224 Å². The average Bonchev–Trinajstić information content (AvgIpc) is 2.83. The van der Waals surface area contributed by atoms with Gasteiger partial charge in [0.25, 0.3) is 0 Å². The summed E-state index contributed by atoms with van der Waals surface area (Å²) >= 11 is 17.5. The number of aromatic nitrogens is 4. The van der Waals surface area contributed by atoms with E-state index in [9.17, 15) is 4.79 Å². The number of ether oxygens (including phenoxy) is 1. The summed E-state index contributed by atoms with van der Waals surface area (Å²) in [5.74, 6) is 0.814. The maximum Gasteiger partial charge on any atom is 0.410 e. The lowest BCUT2D eigenvalue weighted by molar-refractivity contribution is 0.0240. The van der Waals surface area contributed by atoms with Crippen LogP contribution in [0.5, 0.6) is 0 Å². The van der Waals surface area contributed by atoms with Gasteiger partial charge in [-0.1, -0.05) is 35.9 Å². The van der Waals surface area contributed by atoms with E-state index in [1.807, 2.05) is 69.3 Å². The molecule has 1 aliphatic rings. The van der Waals surface area contributed by atoms with Crippen molar-refractivity contribution in [3.05, 3.63) is 64.3 Å². The maximum absolute atomic E-state index is 12.2. The molecule has 0 aliphatic carbocycles. The quantitative estimate of drug-likeness (QED) is 0.205. The molecule has 0 atom stereocenters. The first-order chi connectivity index (χ1) is 17.1. The normalized spacial score (nSPS) is 13.9. The van der Waals surface area contributed by atoms with E-state index in [4.69, 9.17) is 39.5 Å². The Kier molecular flexibility index (Phi) is 7.97. The molecule has 11 heteroatoms. The Balaban J connectivity index is 0.000000211. The molecule has 1 saturated heterocycles. The fourth-order valence-electron chi connectivity index (χ4n) is 3.71. The van der Waals surface area contributed by atoms with Crippen molar-refractivity contribution >= 4 is 68.5 Å². The number of carbonyl (C=O) groups is 1. The molecule has 1 aliphatic heterocycles. The lowest BCUT2D eigenvalue weighted by Crippen LogP contribution is -2.50. The van der Waals surface area contributed by atoms with Gasteiger partial charge in [0.15, 0.2) is 0 Å². The molecule has 0 bridgehead atoms. The van der Waals surface area contributed by atoms with Crippen molar-refractivity contribution in [1.29, 1.82) is 0 Å². The monoisotopic (exact) mass is 546 g/mol. The Morgan fingerprint density at radius 2 is 1.31 bits per heavy atom. The van der Waals surface area contributed by atoms with Gasteiger partial charge >= 0.3 is 6.09 Å². The van der Waals surface area contributed by atoms with Gasteiger partial charge in [0.1, 0.15) is 16.6 Å². The van der Waals surface area contributed by atoms with Crippen molar-refractivity contribution in [2.45, 2.75) is 26.4 Å². The third kappa shape index (κ3) is 6.43. The lowest BCUT2D eigenvalue weighted by Gasteiger charge is -2.36. The molecule has 8 nitrogen and oxygen atoms in total. The second kappa shape index (κ2) is 11.0. The number of amides is 1. The van der Waals surface area contributed by atoms with Crippen LogP contribution in [0, 0.1) is 0 Å². The summed E-state index contributed by atoms with van der Waals surface area (Å²) in [6, 6.07) is 15.2. The first-order valence-corrected chi connectivity index (χ1v) is 12.5. The molecule has 5 rings (SSSR count). The molecule has 36 heavy (non-hydrogen) atoms. The fourth-order valence-corrected chi connectivity index (χ4v) is 4.34. The summed E-state index contributed by atoms with van der Waals surface area (Å²) in [6.07, 6.45) is -0.271. The van der Waals surface area contributed by atoms with Crippen molar-refractivity contribution in [2.24, 2.45) is 0 Å².